The number of nitrogen functional groups attached to an aromatic ring is 1. The van der Waals surface area contributed by atoms with E-state index in [4.69, 9.17) is 5.73 Å². The summed E-state index contributed by atoms with van der Waals surface area (Å²) >= 11 is 0. The molecule has 0 bridgehead atoms. The fraction of sp³-hybridized carbons (Fsp3) is 0.429. The number of aromatic nitrogens is 1. The summed E-state index contributed by atoms with van der Waals surface area (Å²) in [6.45, 7) is 7.02. The van der Waals surface area contributed by atoms with Gasteiger partial charge in [-0.3, -0.25) is 0 Å². The van der Waals surface area contributed by atoms with E-state index in [0.29, 0.717) is 24.2 Å². The molecular formula is C14H22N4O2S. The highest BCUT2D eigenvalue weighted by Crippen LogP contribution is 2.24. The van der Waals surface area contributed by atoms with E-state index in [0.717, 1.165) is 18.6 Å². The van der Waals surface area contributed by atoms with Gasteiger partial charge in [0, 0.05) is 35.9 Å². The Morgan fingerprint density at radius 3 is 2.67 bits per heavy atom. The van der Waals surface area contributed by atoms with Gasteiger partial charge in [-0.05, 0) is 31.3 Å². The second-order valence-corrected chi connectivity index (χ2v) is 6.62. The molecule has 1 heterocycles. The number of rotatable bonds is 7. The van der Waals surface area contributed by atoms with E-state index in [1.807, 2.05) is 0 Å². The minimum atomic E-state index is -3.52. The number of fused-ring (bicyclic) bond motifs is 1. The molecule has 0 fully saturated rings. The molecule has 7 heteroatoms. The van der Waals surface area contributed by atoms with E-state index in [9.17, 15) is 8.42 Å². The molecule has 1 aromatic heterocycles. The summed E-state index contributed by atoms with van der Waals surface area (Å²) in [5, 5.41) is 0.652. The summed E-state index contributed by atoms with van der Waals surface area (Å²) in [5.41, 5.74) is 7.02. The van der Waals surface area contributed by atoms with Crippen molar-refractivity contribution in [3.8, 4) is 0 Å². The van der Waals surface area contributed by atoms with Crippen molar-refractivity contribution in [3.05, 3.63) is 24.4 Å². The number of nitrogens with one attached hydrogen (secondary N) is 2. The molecule has 0 amide bonds. The Morgan fingerprint density at radius 2 is 2.00 bits per heavy atom. The number of aromatic amines is 1. The van der Waals surface area contributed by atoms with Crippen LogP contribution in [0.15, 0.2) is 29.3 Å². The zero-order chi connectivity index (χ0) is 15.5. The lowest BCUT2D eigenvalue weighted by atomic mass is 10.2. The summed E-state index contributed by atoms with van der Waals surface area (Å²) in [6, 6.07) is 5.15. The van der Waals surface area contributed by atoms with Crippen molar-refractivity contribution in [2.75, 3.05) is 31.9 Å². The van der Waals surface area contributed by atoms with Gasteiger partial charge in [-0.1, -0.05) is 13.8 Å². The molecule has 0 aliphatic rings. The Kier molecular flexibility index (Phi) is 4.87. The standard InChI is InChI=1S/C14H22N4O2S/c1-3-18(4-2)8-7-17-21(19,20)14-10-16-13-9-11(15)5-6-12(13)14/h5-6,9-10,16-17H,3-4,7-8,15H2,1-2H3. The van der Waals surface area contributed by atoms with Crippen molar-refractivity contribution in [1.82, 2.24) is 14.6 Å². The van der Waals surface area contributed by atoms with Gasteiger partial charge in [0.2, 0.25) is 10.0 Å². The lowest BCUT2D eigenvalue weighted by Gasteiger charge is -2.17. The number of hydrogen-bond donors (Lipinski definition) is 3. The fourth-order valence-electron chi connectivity index (χ4n) is 2.30. The molecule has 0 unspecified atom stereocenters. The average Bonchev–Trinajstić information content (AvgIpc) is 2.87. The van der Waals surface area contributed by atoms with Crippen LogP contribution in [0, 0.1) is 0 Å². The summed E-state index contributed by atoms with van der Waals surface area (Å²) in [5.74, 6) is 0. The van der Waals surface area contributed by atoms with E-state index in [1.165, 1.54) is 6.20 Å². The number of hydrogen-bond acceptors (Lipinski definition) is 4. The molecule has 0 spiro atoms. The first-order chi connectivity index (χ1) is 9.97. The van der Waals surface area contributed by atoms with E-state index >= 15 is 0 Å². The van der Waals surface area contributed by atoms with Crippen LogP contribution in [-0.2, 0) is 10.0 Å². The highest BCUT2D eigenvalue weighted by molar-refractivity contribution is 7.89. The molecule has 0 saturated carbocycles. The minimum absolute atomic E-state index is 0.261. The number of sulfonamides is 1. The summed E-state index contributed by atoms with van der Waals surface area (Å²) < 4.78 is 27.4. The van der Waals surface area contributed by atoms with Gasteiger partial charge in [0.05, 0.1) is 0 Å². The molecule has 2 aromatic rings. The van der Waals surface area contributed by atoms with Crippen molar-refractivity contribution in [2.45, 2.75) is 18.7 Å². The predicted molar refractivity (Wildman–Crippen MR) is 85.7 cm³/mol. The van der Waals surface area contributed by atoms with E-state index in [2.05, 4.69) is 28.5 Å². The zero-order valence-electron chi connectivity index (χ0n) is 12.4. The third-order valence-electron chi connectivity index (χ3n) is 3.57. The highest BCUT2D eigenvalue weighted by atomic mass is 32.2. The maximum atomic E-state index is 12.4. The van der Waals surface area contributed by atoms with Crippen molar-refractivity contribution in [3.63, 3.8) is 0 Å². The van der Waals surface area contributed by atoms with Gasteiger partial charge >= 0.3 is 0 Å². The van der Waals surface area contributed by atoms with E-state index in [-0.39, 0.29) is 4.90 Å². The number of nitrogens with zero attached hydrogens (tertiary/aromatic N) is 1. The second-order valence-electron chi connectivity index (χ2n) is 4.88. The summed E-state index contributed by atoms with van der Waals surface area (Å²) in [7, 11) is -3.52. The van der Waals surface area contributed by atoms with E-state index in [1.54, 1.807) is 18.2 Å². The first kappa shape index (κ1) is 15.8. The largest absolute Gasteiger partial charge is 0.399 e. The van der Waals surface area contributed by atoms with Crippen molar-refractivity contribution in [1.29, 1.82) is 0 Å². The molecule has 0 aliphatic carbocycles. The number of anilines is 1. The van der Waals surface area contributed by atoms with Gasteiger partial charge in [-0.25, -0.2) is 13.1 Å². The molecule has 116 valence electrons. The Labute approximate surface area is 125 Å². The van der Waals surface area contributed by atoms with Crippen LogP contribution in [0.5, 0.6) is 0 Å². The maximum Gasteiger partial charge on any atom is 0.242 e. The lowest BCUT2D eigenvalue weighted by molar-refractivity contribution is 0.309. The van der Waals surface area contributed by atoms with Crippen LogP contribution >= 0.6 is 0 Å². The SMILES string of the molecule is CCN(CC)CCNS(=O)(=O)c1c[nH]c2cc(N)ccc12. The Balaban J connectivity index is 2.15. The normalized spacial score (nSPS) is 12.3. The monoisotopic (exact) mass is 310 g/mol. The molecule has 0 radical (unpaired) electrons. The molecule has 21 heavy (non-hydrogen) atoms. The van der Waals surface area contributed by atoms with Crippen LogP contribution in [-0.4, -0.2) is 44.5 Å². The molecule has 0 atom stereocenters. The third kappa shape index (κ3) is 3.55. The maximum absolute atomic E-state index is 12.4. The molecule has 0 saturated heterocycles. The number of H-pyrrole nitrogens is 1. The van der Waals surface area contributed by atoms with Crippen LogP contribution < -0.4 is 10.5 Å². The Morgan fingerprint density at radius 1 is 1.29 bits per heavy atom. The fourth-order valence-corrected chi connectivity index (χ4v) is 3.49. The van der Waals surface area contributed by atoms with Gasteiger partial charge in [-0.15, -0.1) is 0 Å². The van der Waals surface area contributed by atoms with Gasteiger partial charge < -0.3 is 15.6 Å². The van der Waals surface area contributed by atoms with Crippen LogP contribution in [0.25, 0.3) is 10.9 Å². The van der Waals surface area contributed by atoms with Crippen molar-refractivity contribution in [2.24, 2.45) is 0 Å². The number of benzene rings is 1. The third-order valence-corrected chi connectivity index (χ3v) is 5.07. The lowest BCUT2D eigenvalue weighted by Crippen LogP contribution is -2.34. The summed E-state index contributed by atoms with van der Waals surface area (Å²) in [6.07, 6.45) is 1.50. The van der Waals surface area contributed by atoms with Gasteiger partial charge in [0.1, 0.15) is 4.90 Å². The topological polar surface area (TPSA) is 91.2 Å². The van der Waals surface area contributed by atoms with Gasteiger partial charge in [0.25, 0.3) is 0 Å². The number of likely N-dealkylation sites (N-methyl/N-ethyl adjacent to an activating group) is 1. The van der Waals surface area contributed by atoms with Crippen LogP contribution in [0.2, 0.25) is 0 Å². The summed E-state index contributed by atoms with van der Waals surface area (Å²) in [4.78, 5) is 5.37. The average molecular weight is 310 g/mol. The molecular weight excluding hydrogens is 288 g/mol. The first-order valence-corrected chi connectivity index (χ1v) is 8.55. The van der Waals surface area contributed by atoms with Crippen LogP contribution in [0.4, 0.5) is 5.69 Å². The zero-order valence-corrected chi connectivity index (χ0v) is 13.2. The first-order valence-electron chi connectivity index (χ1n) is 7.06. The smallest absolute Gasteiger partial charge is 0.242 e. The second kappa shape index (κ2) is 6.46. The highest BCUT2D eigenvalue weighted by Gasteiger charge is 2.18. The number of nitrogens with two attached hydrogens (primary N) is 1. The minimum Gasteiger partial charge on any atom is -0.399 e. The molecule has 4 N–H and O–H groups in total. The molecule has 1 aromatic carbocycles. The molecule has 0 aliphatic heterocycles. The van der Waals surface area contributed by atoms with Crippen LogP contribution in [0.1, 0.15) is 13.8 Å². The van der Waals surface area contributed by atoms with Crippen molar-refractivity contribution >= 4 is 26.6 Å². The van der Waals surface area contributed by atoms with Gasteiger partial charge in [-0.2, -0.15) is 0 Å². The van der Waals surface area contributed by atoms with E-state index < -0.39 is 10.0 Å². The van der Waals surface area contributed by atoms with Crippen LogP contribution in [0.3, 0.4) is 0 Å². The van der Waals surface area contributed by atoms with Gasteiger partial charge in [0.15, 0.2) is 0 Å². The molecule has 2 rings (SSSR count). The predicted octanol–water partition coefficient (Wildman–Crippen LogP) is 1.37. The Bertz CT molecular complexity index is 705. The molecule has 6 nitrogen and oxygen atoms in total. The quantitative estimate of drug-likeness (QED) is 0.674. The van der Waals surface area contributed by atoms with Crippen molar-refractivity contribution < 1.29 is 8.42 Å². The Hall–Kier alpha value is -1.57.